The molecule has 11 nitrogen and oxygen atoms in total. The fourth-order valence-corrected chi connectivity index (χ4v) is 9.42. The number of carboxylic acid groups (broad SMARTS) is 1. The maximum Gasteiger partial charge on any atom is 0.308 e. The molecule has 3 N–H and O–H groups in total. The number of hydrogen-bond donors (Lipinski definition) is 3. The standard InChI is InChI=1S/C41H43Cl2N5O6/c1-52-38-23(18-44-19-25-10-14-36(49)45-25)9-12-33(46-38)30-8-4-7-29(37(30)43)26-5-3-6-28-27(26)11-13-35(28)54-40-32(42)17-24(39(47-40)53-2)21-48-20-22-15-31(41(50)51)34(48)16-22/h3-9,12,17,22,25,31,34-35,44H,10-11,13-16,18-21H2,1-2H3,(H,45,49)(H,50,51)/t22?,25-,31?,34?,35-/m0/s1. The van der Waals surface area contributed by atoms with E-state index >= 15 is 0 Å². The van der Waals surface area contributed by atoms with Crippen LogP contribution in [0.3, 0.4) is 0 Å². The predicted molar refractivity (Wildman–Crippen MR) is 205 cm³/mol. The van der Waals surface area contributed by atoms with Crippen LogP contribution in [0.25, 0.3) is 22.4 Å². The summed E-state index contributed by atoms with van der Waals surface area (Å²) in [5.74, 6) is 0.675. The third-order valence-corrected chi connectivity index (χ3v) is 12.1. The summed E-state index contributed by atoms with van der Waals surface area (Å²) in [4.78, 5) is 35.1. The van der Waals surface area contributed by atoms with Crippen LogP contribution in [0.1, 0.15) is 60.5 Å². The number of methoxy groups -OCH3 is 2. The van der Waals surface area contributed by atoms with E-state index in [1.165, 1.54) is 0 Å². The van der Waals surface area contributed by atoms with Crippen LogP contribution in [0, 0.1) is 11.8 Å². The van der Waals surface area contributed by atoms with E-state index in [0.717, 1.165) is 77.6 Å². The molecule has 54 heavy (non-hydrogen) atoms. The molecule has 0 radical (unpaired) electrons. The fraction of sp³-hybridized carbons (Fsp3) is 0.415. The molecule has 5 atom stereocenters. The number of benzene rings is 2. The minimum Gasteiger partial charge on any atom is -0.481 e. The summed E-state index contributed by atoms with van der Waals surface area (Å²) < 4.78 is 17.9. The summed E-state index contributed by atoms with van der Waals surface area (Å²) in [6.07, 6.45) is 4.30. The van der Waals surface area contributed by atoms with Crippen molar-refractivity contribution in [1.29, 1.82) is 0 Å². The summed E-state index contributed by atoms with van der Waals surface area (Å²) >= 11 is 14.0. The molecule has 3 fully saturated rings. The van der Waals surface area contributed by atoms with Crippen molar-refractivity contribution in [3.05, 3.63) is 86.9 Å². The molecule has 282 valence electrons. The van der Waals surface area contributed by atoms with E-state index in [-0.39, 0.29) is 30.0 Å². The summed E-state index contributed by atoms with van der Waals surface area (Å²) in [6, 6.07) is 18.1. The maximum absolute atomic E-state index is 11.8. The van der Waals surface area contributed by atoms with E-state index in [1.54, 1.807) is 14.2 Å². The van der Waals surface area contributed by atoms with Gasteiger partial charge in [-0.15, -0.1) is 0 Å². The van der Waals surface area contributed by atoms with Gasteiger partial charge in [0.1, 0.15) is 11.1 Å². The minimum absolute atomic E-state index is 0.0111. The van der Waals surface area contributed by atoms with E-state index in [4.69, 9.17) is 47.4 Å². The van der Waals surface area contributed by atoms with Crippen LogP contribution in [0.2, 0.25) is 10.0 Å². The van der Waals surface area contributed by atoms with Crippen molar-refractivity contribution in [3.8, 4) is 40.0 Å². The van der Waals surface area contributed by atoms with Gasteiger partial charge in [-0.2, -0.15) is 4.98 Å². The average Bonchev–Trinajstić information content (AvgIpc) is 3.98. The molecule has 4 aromatic rings. The zero-order chi connectivity index (χ0) is 37.5. The number of hydrogen-bond acceptors (Lipinski definition) is 9. The van der Waals surface area contributed by atoms with Crippen molar-refractivity contribution < 1.29 is 28.9 Å². The van der Waals surface area contributed by atoms with E-state index in [9.17, 15) is 14.7 Å². The molecule has 4 heterocycles. The van der Waals surface area contributed by atoms with E-state index in [1.807, 2.05) is 42.5 Å². The lowest BCUT2D eigenvalue weighted by atomic mass is 9.94. The SMILES string of the molecule is COc1nc(-c2cccc(-c3cccc4c3CC[C@@H]4Oc3nc(OC)c(CN4CC5CC(C(=O)O)C4C5)cc3Cl)c2Cl)ccc1CNC[C@@H]1CCC(=O)N1. The van der Waals surface area contributed by atoms with Crippen LogP contribution in [0.4, 0.5) is 0 Å². The molecule has 2 bridgehead atoms. The van der Waals surface area contributed by atoms with Gasteiger partial charge in [-0.3, -0.25) is 14.5 Å². The Bertz CT molecular complexity index is 2100. The molecule has 2 aromatic heterocycles. The molecular weight excluding hydrogens is 729 g/mol. The lowest BCUT2D eigenvalue weighted by Gasteiger charge is -2.31. The van der Waals surface area contributed by atoms with Gasteiger partial charge in [0.2, 0.25) is 23.5 Å². The van der Waals surface area contributed by atoms with Crippen LogP contribution in [-0.4, -0.2) is 71.2 Å². The number of rotatable bonds is 13. The number of ether oxygens (including phenoxy) is 3. The Morgan fingerprint density at radius 1 is 0.944 bits per heavy atom. The highest BCUT2D eigenvalue weighted by Gasteiger charge is 2.48. The third-order valence-electron chi connectivity index (χ3n) is 11.4. The van der Waals surface area contributed by atoms with Crippen molar-refractivity contribution in [2.75, 3.05) is 27.3 Å². The molecule has 1 amide bonds. The summed E-state index contributed by atoms with van der Waals surface area (Å²) in [6.45, 7) is 2.62. The normalized spacial score (nSPS) is 23.0. The van der Waals surface area contributed by atoms with Crippen LogP contribution < -0.4 is 24.8 Å². The zero-order valence-corrected chi connectivity index (χ0v) is 31.8. The highest BCUT2D eigenvalue weighted by Crippen LogP contribution is 2.46. The predicted octanol–water partition coefficient (Wildman–Crippen LogP) is 6.86. The van der Waals surface area contributed by atoms with Crippen molar-refractivity contribution in [3.63, 3.8) is 0 Å². The van der Waals surface area contributed by atoms with E-state index < -0.39 is 5.97 Å². The number of fused-ring (bicyclic) bond motifs is 3. The van der Waals surface area contributed by atoms with Gasteiger partial charge in [0.25, 0.3) is 0 Å². The number of piperidine rings is 1. The topological polar surface area (TPSA) is 135 Å². The number of amides is 1. The first-order chi connectivity index (χ1) is 26.2. The molecule has 13 heteroatoms. The van der Waals surface area contributed by atoms with Gasteiger partial charge >= 0.3 is 5.97 Å². The van der Waals surface area contributed by atoms with E-state index in [2.05, 4.69) is 27.7 Å². The molecule has 2 aromatic carbocycles. The molecule has 1 saturated carbocycles. The lowest BCUT2D eigenvalue weighted by Crippen LogP contribution is -2.40. The quantitative estimate of drug-likeness (QED) is 0.132. The minimum atomic E-state index is -0.727. The van der Waals surface area contributed by atoms with Crippen molar-refractivity contribution in [2.45, 2.75) is 69.8 Å². The number of carbonyl (C=O) groups is 2. The van der Waals surface area contributed by atoms with Crippen molar-refractivity contribution in [1.82, 2.24) is 25.5 Å². The lowest BCUT2D eigenvalue weighted by molar-refractivity contribution is -0.144. The monoisotopic (exact) mass is 771 g/mol. The number of aromatic nitrogens is 2. The Balaban J connectivity index is 0.993. The molecule has 4 aliphatic rings. The first-order valence-electron chi connectivity index (χ1n) is 18.5. The first kappa shape index (κ1) is 36.6. The smallest absolute Gasteiger partial charge is 0.308 e. The van der Waals surface area contributed by atoms with Gasteiger partial charge in [0.15, 0.2) is 0 Å². The van der Waals surface area contributed by atoms with Crippen molar-refractivity contribution in [2.24, 2.45) is 11.8 Å². The van der Waals surface area contributed by atoms with Crippen LogP contribution in [0.15, 0.2) is 54.6 Å². The van der Waals surface area contributed by atoms with Crippen LogP contribution in [-0.2, 0) is 29.1 Å². The van der Waals surface area contributed by atoms with Crippen LogP contribution >= 0.6 is 23.2 Å². The largest absolute Gasteiger partial charge is 0.481 e. The number of pyridine rings is 2. The molecule has 2 aliphatic carbocycles. The molecule has 0 spiro atoms. The first-order valence-corrected chi connectivity index (χ1v) is 19.3. The Morgan fingerprint density at radius 2 is 1.72 bits per heavy atom. The molecule has 2 aliphatic heterocycles. The number of nitrogens with zero attached hydrogens (tertiary/aromatic N) is 3. The van der Waals surface area contributed by atoms with Gasteiger partial charge in [0.05, 0.1) is 30.9 Å². The summed E-state index contributed by atoms with van der Waals surface area (Å²) in [7, 11) is 3.19. The number of carbonyl (C=O) groups excluding carboxylic acids is 1. The average molecular weight is 773 g/mol. The van der Waals surface area contributed by atoms with Gasteiger partial charge in [0, 0.05) is 66.9 Å². The second-order valence-electron chi connectivity index (χ2n) is 14.7. The number of aliphatic carboxylic acids is 1. The molecule has 3 unspecified atom stereocenters. The van der Waals surface area contributed by atoms with Gasteiger partial charge in [-0.1, -0.05) is 65.7 Å². The molecule has 8 rings (SSSR count). The fourth-order valence-electron chi connectivity index (χ4n) is 8.88. The second kappa shape index (κ2) is 15.4. The summed E-state index contributed by atoms with van der Waals surface area (Å²) in [5.41, 5.74) is 7.37. The Labute approximate surface area is 324 Å². The molecular formula is C41H43Cl2N5O6. The number of carboxylic acids is 1. The Morgan fingerprint density at radius 3 is 2.48 bits per heavy atom. The highest BCUT2D eigenvalue weighted by molar-refractivity contribution is 6.36. The van der Waals surface area contributed by atoms with Crippen LogP contribution in [0.5, 0.6) is 17.6 Å². The Hall–Kier alpha value is -4.42. The van der Waals surface area contributed by atoms with Gasteiger partial charge in [-0.25, -0.2) is 4.98 Å². The molecule has 2 saturated heterocycles. The highest BCUT2D eigenvalue weighted by atomic mass is 35.5. The summed E-state index contributed by atoms with van der Waals surface area (Å²) in [5, 5.41) is 17.1. The number of nitrogens with one attached hydrogen (secondary N) is 2. The maximum atomic E-state index is 11.8. The van der Waals surface area contributed by atoms with Gasteiger partial charge in [-0.05, 0) is 66.8 Å². The number of halogens is 2. The third kappa shape index (κ3) is 7.10. The number of likely N-dealkylation sites (tertiary alicyclic amines) is 1. The van der Waals surface area contributed by atoms with Gasteiger partial charge < -0.3 is 30.0 Å². The zero-order valence-electron chi connectivity index (χ0n) is 30.2. The van der Waals surface area contributed by atoms with E-state index in [0.29, 0.717) is 65.4 Å². The second-order valence-corrected chi connectivity index (χ2v) is 15.5. The Kier molecular flexibility index (Phi) is 10.4. The van der Waals surface area contributed by atoms with Crippen molar-refractivity contribution >= 4 is 35.1 Å².